The number of hydrogen-bond acceptors (Lipinski definition) is 3. The highest BCUT2D eigenvalue weighted by atomic mass is 16.1. The Morgan fingerprint density at radius 3 is 2.68 bits per heavy atom. The summed E-state index contributed by atoms with van der Waals surface area (Å²) in [5.41, 5.74) is 3.63. The number of allylic oxidation sites excluding steroid dienone is 1. The molecule has 0 saturated carbocycles. The molecule has 0 spiro atoms. The van der Waals surface area contributed by atoms with Crippen LogP contribution in [-0.4, -0.2) is 17.3 Å². The third kappa shape index (κ3) is 2.73. The summed E-state index contributed by atoms with van der Waals surface area (Å²) in [6.07, 6.45) is 6.23. The first kappa shape index (κ1) is 14.7. The molecule has 1 aromatic rings. The molecule has 2 heterocycles. The lowest BCUT2D eigenvalue weighted by Gasteiger charge is -2.21. The van der Waals surface area contributed by atoms with Crippen molar-refractivity contribution < 1.29 is 4.79 Å². The lowest BCUT2D eigenvalue weighted by atomic mass is 9.92. The average molecular weight is 295 g/mol. The number of amides is 1. The van der Waals surface area contributed by atoms with Gasteiger partial charge < -0.3 is 0 Å². The Hall–Kier alpha value is -2.23. The van der Waals surface area contributed by atoms with E-state index in [4.69, 9.17) is 5.10 Å². The predicted molar refractivity (Wildman–Crippen MR) is 90.2 cm³/mol. The smallest absolute Gasteiger partial charge is 0.260 e. The van der Waals surface area contributed by atoms with Crippen LogP contribution in [0.5, 0.6) is 0 Å². The maximum absolute atomic E-state index is 12.4. The Kier molecular flexibility index (Phi) is 4.18. The number of fused-ring (bicyclic) bond motifs is 1. The molecule has 0 N–H and O–H groups in total. The van der Waals surface area contributed by atoms with Crippen LogP contribution in [0.3, 0.4) is 0 Å². The van der Waals surface area contributed by atoms with Gasteiger partial charge in [0.25, 0.3) is 5.91 Å². The maximum Gasteiger partial charge on any atom is 0.260 e. The zero-order chi connectivity index (χ0) is 15.5. The first-order chi connectivity index (χ1) is 10.7. The standard InChI is InChI=1S/C18H21N3O/c1-3-4-6-11-15-17-16(12-13(2)19-18(17)22)21(20-15)14-9-7-5-8-10-14/h5,7-10,12,17H,3-4,6,11H2,1-2H3. The molecule has 4 nitrogen and oxygen atoms in total. The van der Waals surface area contributed by atoms with Crippen LogP contribution >= 0.6 is 0 Å². The SMILES string of the molecule is CCCCCC1=NN(c2ccccc2)C2=CC(C)=NC(=O)C21. The Balaban J connectivity index is 1.94. The van der Waals surface area contributed by atoms with Crippen molar-refractivity contribution in [2.75, 3.05) is 5.01 Å². The summed E-state index contributed by atoms with van der Waals surface area (Å²) in [7, 11) is 0. The van der Waals surface area contributed by atoms with E-state index in [0.717, 1.165) is 48.5 Å². The van der Waals surface area contributed by atoms with Gasteiger partial charge in [-0.3, -0.25) is 4.79 Å². The fraction of sp³-hybridized carbons (Fsp3) is 0.389. The number of rotatable bonds is 5. The average Bonchev–Trinajstić information content (AvgIpc) is 2.87. The van der Waals surface area contributed by atoms with E-state index in [1.165, 1.54) is 0 Å². The highest BCUT2D eigenvalue weighted by Gasteiger charge is 2.39. The normalized spacial score (nSPS) is 20.5. The Morgan fingerprint density at radius 1 is 1.18 bits per heavy atom. The zero-order valence-electron chi connectivity index (χ0n) is 13.1. The lowest BCUT2D eigenvalue weighted by molar-refractivity contribution is -0.118. The number of anilines is 1. The van der Waals surface area contributed by atoms with Crippen LogP contribution in [0, 0.1) is 5.92 Å². The van der Waals surface area contributed by atoms with Crippen LogP contribution in [-0.2, 0) is 4.79 Å². The first-order valence-corrected chi connectivity index (χ1v) is 7.94. The number of carbonyl (C=O) groups excluding carboxylic acids is 1. The van der Waals surface area contributed by atoms with Gasteiger partial charge in [0.15, 0.2) is 0 Å². The molecule has 0 aromatic heterocycles. The zero-order valence-corrected chi connectivity index (χ0v) is 13.1. The summed E-state index contributed by atoms with van der Waals surface area (Å²) in [6, 6.07) is 9.99. The summed E-state index contributed by atoms with van der Waals surface area (Å²) in [6.45, 7) is 4.04. The number of hydrogen-bond donors (Lipinski definition) is 0. The molecule has 0 fully saturated rings. The minimum Gasteiger partial charge on any atom is -0.271 e. The van der Waals surface area contributed by atoms with Gasteiger partial charge in [0.1, 0.15) is 5.92 Å². The Labute approximate surface area is 131 Å². The van der Waals surface area contributed by atoms with Crippen LogP contribution in [0.2, 0.25) is 0 Å². The third-order valence-electron chi connectivity index (χ3n) is 4.03. The number of unbranched alkanes of at least 4 members (excludes halogenated alkanes) is 2. The number of aliphatic imine (C=N–C) groups is 1. The minimum absolute atomic E-state index is 0.0799. The van der Waals surface area contributed by atoms with Crippen molar-refractivity contribution in [1.82, 2.24) is 0 Å². The number of carbonyl (C=O) groups is 1. The molecule has 2 aliphatic heterocycles. The van der Waals surface area contributed by atoms with Gasteiger partial charge in [0.05, 0.1) is 17.1 Å². The first-order valence-electron chi connectivity index (χ1n) is 7.94. The second kappa shape index (κ2) is 6.26. The van der Waals surface area contributed by atoms with Gasteiger partial charge in [-0.05, 0) is 38.0 Å². The second-order valence-corrected chi connectivity index (χ2v) is 5.79. The van der Waals surface area contributed by atoms with E-state index in [1.54, 1.807) is 0 Å². The number of dihydropyridines is 1. The van der Waals surface area contributed by atoms with Crippen LogP contribution in [0.25, 0.3) is 0 Å². The molecule has 0 saturated heterocycles. The van der Waals surface area contributed by atoms with Gasteiger partial charge in [-0.15, -0.1) is 0 Å². The summed E-state index contributed by atoms with van der Waals surface area (Å²) in [4.78, 5) is 16.5. The molecule has 1 atom stereocenters. The van der Waals surface area contributed by atoms with Gasteiger partial charge in [0, 0.05) is 5.71 Å². The van der Waals surface area contributed by atoms with Crippen molar-refractivity contribution >= 4 is 23.0 Å². The van der Waals surface area contributed by atoms with Crippen LogP contribution in [0.4, 0.5) is 5.69 Å². The largest absolute Gasteiger partial charge is 0.271 e. The van der Waals surface area contributed by atoms with Gasteiger partial charge in [-0.25, -0.2) is 10.0 Å². The fourth-order valence-corrected chi connectivity index (χ4v) is 2.96. The molecule has 0 bridgehead atoms. The van der Waals surface area contributed by atoms with E-state index in [0.29, 0.717) is 0 Å². The van der Waals surface area contributed by atoms with Crippen LogP contribution < -0.4 is 5.01 Å². The maximum atomic E-state index is 12.4. The van der Waals surface area contributed by atoms with E-state index >= 15 is 0 Å². The highest BCUT2D eigenvalue weighted by molar-refractivity contribution is 6.17. The molecule has 3 rings (SSSR count). The minimum atomic E-state index is -0.291. The predicted octanol–water partition coefficient (Wildman–Crippen LogP) is 3.94. The molecule has 1 amide bonds. The number of para-hydroxylation sites is 1. The lowest BCUT2D eigenvalue weighted by Crippen LogP contribution is -2.28. The summed E-state index contributed by atoms with van der Waals surface area (Å²) >= 11 is 0. The van der Waals surface area contributed by atoms with Gasteiger partial charge >= 0.3 is 0 Å². The van der Waals surface area contributed by atoms with E-state index in [2.05, 4.69) is 11.9 Å². The highest BCUT2D eigenvalue weighted by Crippen LogP contribution is 2.35. The van der Waals surface area contributed by atoms with E-state index in [1.807, 2.05) is 48.3 Å². The van der Waals surface area contributed by atoms with E-state index in [-0.39, 0.29) is 11.8 Å². The van der Waals surface area contributed by atoms with Crippen LogP contribution in [0.15, 0.2) is 52.2 Å². The fourth-order valence-electron chi connectivity index (χ4n) is 2.96. The van der Waals surface area contributed by atoms with E-state index in [9.17, 15) is 4.79 Å². The van der Waals surface area contributed by atoms with Crippen molar-refractivity contribution in [2.45, 2.75) is 39.5 Å². The molecular weight excluding hydrogens is 274 g/mol. The van der Waals surface area contributed by atoms with Crippen molar-refractivity contribution in [3.05, 3.63) is 42.1 Å². The molecule has 0 radical (unpaired) electrons. The third-order valence-corrected chi connectivity index (χ3v) is 4.03. The molecule has 1 aromatic carbocycles. The number of nitrogens with zero attached hydrogens (tertiary/aromatic N) is 3. The molecule has 1 unspecified atom stereocenters. The summed E-state index contributed by atoms with van der Waals surface area (Å²) < 4.78 is 0. The van der Waals surface area contributed by atoms with Gasteiger partial charge in [-0.2, -0.15) is 5.10 Å². The summed E-state index contributed by atoms with van der Waals surface area (Å²) in [5.74, 6) is -0.371. The molecule has 114 valence electrons. The number of hydrazone groups is 1. The van der Waals surface area contributed by atoms with Crippen molar-refractivity contribution in [1.29, 1.82) is 0 Å². The summed E-state index contributed by atoms with van der Waals surface area (Å²) in [5, 5.41) is 6.65. The van der Waals surface area contributed by atoms with Gasteiger partial charge in [0.2, 0.25) is 0 Å². The monoisotopic (exact) mass is 295 g/mol. The molecule has 22 heavy (non-hydrogen) atoms. The van der Waals surface area contributed by atoms with E-state index < -0.39 is 0 Å². The number of benzene rings is 1. The Bertz CT molecular complexity index is 658. The second-order valence-electron chi connectivity index (χ2n) is 5.79. The van der Waals surface area contributed by atoms with Crippen molar-refractivity contribution in [3.63, 3.8) is 0 Å². The Morgan fingerprint density at radius 2 is 1.95 bits per heavy atom. The molecule has 2 aliphatic rings. The van der Waals surface area contributed by atoms with Crippen molar-refractivity contribution in [2.24, 2.45) is 16.0 Å². The molecule has 0 aliphatic carbocycles. The topological polar surface area (TPSA) is 45.0 Å². The van der Waals surface area contributed by atoms with Crippen LogP contribution in [0.1, 0.15) is 39.5 Å². The van der Waals surface area contributed by atoms with Crippen molar-refractivity contribution in [3.8, 4) is 0 Å². The quantitative estimate of drug-likeness (QED) is 0.772. The molecular formula is C18H21N3O. The van der Waals surface area contributed by atoms with Gasteiger partial charge in [-0.1, -0.05) is 38.0 Å². The molecule has 4 heteroatoms.